The van der Waals surface area contributed by atoms with Crippen molar-refractivity contribution in [1.29, 1.82) is 0 Å². The van der Waals surface area contributed by atoms with Crippen LogP contribution in [0.4, 0.5) is 0 Å². The Labute approximate surface area is 168 Å². The van der Waals surface area contributed by atoms with Gasteiger partial charge in [-0.25, -0.2) is 0 Å². The maximum atomic E-state index is 13.6. The first-order chi connectivity index (χ1) is 13.1. The Bertz CT molecular complexity index is 907. The van der Waals surface area contributed by atoms with Gasteiger partial charge in [-0.15, -0.1) is 0 Å². The van der Waals surface area contributed by atoms with Crippen molar-refractivity contribution in [2.24, 2.45) is 5.41 Å². The number of piperazine rings is 1. The average molecular weight is 404 g/mol. The van der Waals surface area contributed by atoms with E-state index in [1.54, 1.807) is 11.9 Å². The average Bonchev–Trinajstić information content (AvgIpc) is 3.27. The van der Waals surface area contributed by atoms with Gasteiger partial charge in [0.05, 0.1) is 6.04 Å². The van der Waals surface area contributed by atoms with Gasteiger partial charge in [0.15, 0.2) is 21.2 Å². The zero-order chi connectivity index (χ0) is 20.1. The molecule has 5 rings (SSSR count). The van der Waals surface area contributed by atoms with Crippen molar-refractivity contribution in [3.63, 3.8) is 0 Å². The number of carbonyl (C=O) groups is 2. The third-order valence-electron chi connectivity index (χ3n) is 6.60. The minimum absolute atomic E-state index is 0.0183. The molecule has 8 heteroatoms. The molecule has 7 nitrogen and oxygen atoms in total. The van der Waals surface area contributed by atoms with Crippen LogP contribution >= 0.6 is 11.8 Å². The van der Waals surface area contributed by atoms with E-state index in [1.807, 2.05) is 44.1 Å². The minimum atomic E-state index is -0.828. The fourth-order valence-corrected chi connectivity index (χ4v) is 7.58. The highest BCUT2D eigenvalue weighted by atomic mass is 32.2. The van der Waals surface area contributed by atoms with Crippen LogP contribution < -0.4 is 9.47 Å². The van der Waals surface area contributed by atoms with E-state index in [9.17, 15) is 9.59 Å². The maximum Gasteiger partial charge on any atom is 0.260 e. The summed E-state index contributed by atoms with van der Waals surface area (Å²) in [6.45, 7) is 5.03. The quantitative estimate of drug-likeness (QED) is 0.768. The van der Waals surface area contributed by atoms with Crippen molar-refractivity contribution in [1.82, 2.24) is 14.7 Å². The zero-order valence-corrected chi connectivity index (χ0v) is 17.6. The molecule has 4 aliphatic rings. The number of thioether (sulfide) groups is 1. The predicted octanol–water partition coefficient (Wildman–Crippen LogP) is 1.89. The van der Waals surface area contributed by atoms with E-state index >= 15 is 0 Å². The summed E-state index contributed by atoms with van der Waals surface area (Å²) in [5.74, 6) is 1.47. The second-order valence-corrected chi connectivity index (χ2v) is 10.7. The highest BCUT2D eigenvalue weighted by Crippen LogP contribution is 2.69. The third kappa shape index (κ3) is 2.00. The molecule has 2 bridgehead atoms. The Kier molecular flexibility index (Phi) is 3.47. The van der Waals surface area contributed by atoms with Gasteiger partial charge in [0.25, 0.3) is 11.8 Å². The Hall–Kier alpha value is -1.93. The number of rotatable bonds is 3. The van der Waals surface area contributed by atoms with E-state index in [2.05, 4.69) is 11.8 Å². The molecule has 1 aromatic rings. The summed E-state index contributed by atoms with van der Waals surface area (Å²) < 4.78 is 11.0. The molecule has 0 unspecified atom stereocenters. The second-order valence-electron chi connectivity index (χ2n) is 8.99. The van der Waals surface area contributed by atoms with Crippen LogP contribution in [0.2, 0.25) is 0 Å². The number of nitrogens with zero attached hydrogens (tertiary/aromatic N) is 3. The van der Waals surface area contributed by atoms with E-state index in [1.165, 1.54) is 11.8 Å². The number of benzene rings is 1. The number of fused-ring (bicyclic) bond motifs is 2. The smallest absolute Gasteiger partial charge is 0.260 e. The molecule has 2 amide bonds. The van der Waals surface area contributed by atoms with E-state index in [0.29, 0.717) is 12.2 Å². The van der Waals surface area contributed by atoms with Crippen molar-refractivity contribution < 1.29 is 19.1 Å². The molecule has 1 aromatic carbocycles. The molecule has 28 heavy (non-hydrogen) atoms. The van der Waals surface area contributed by atoms with Crippen molar-refractivity contribution in [3.8, 4) is 11.5 Å². The number of ether oxygens (including phenoxy) is 2. The molecule has 4 heterocycles. The van der Waals surface area contributed by atoms with Crippen molar-refractivity contribution in [3.05, 3.63) is 23.8 Å². The lowest BCUT2D eigenvalue weighted by Crippen LogP contribution is -2.60. The molecule has 4 aliphatic heterocycles. The van der Waals surface area contributed by atoms with Crippen LogP contribution in [0, 0.1) is 5.41 Å². The van der Waals surface area contributed by atoms with Gasteiger partial charge < -0.3 is 24.2 Å². The lowest BCUT2D eigenvalue weighted by molar-refractivity contribution is -0.159. The summed E-state index contributed by atoms with van der Waals surface area (Å²) in [5, 5.41) is 0. The number of likely N-dealkylation sites (N-methyl/N-ethyl adjacent to an activating group) is 1. The van der Waals surface area contributed by atoms with Gasteiger partial charge in [-0.05, 0) is 45.1 Å². The number of hydrogen-bond acceptors (Lipinski definition) is 6. The summed E-state index contributed by atoms with van der Waals surface area (Å²) in [7, 11) is 5.81. The standard InChI is InChI=1S/C20H25N3O4S/c1-18(10-21(3)4)9-20-17(25)22(5)19(2,28-20)16(24)23(20)15(18)12-6-7-13-14(8-12)27-11-26-13/h6-8,15H,9-11H2,1-5H3/t15-,18+,19-,20-/m0/s1. The summed E-state index contributed by atoms with van der Waals surface area (Å²) in [6.07, 6.45) is 0.631. The molecule has 0 saturated carbocycles. The molecule has 4 atom stereocenters. The molecular formula is C20H25N3O4S. The maximum absolute atomic E-state index is 13.6. The third-order valence-corrected chi connectivity index (χ3v) is 8.30. The van der Waals surface area contributed by atoms with E-state index in [4.69, 9.17) is 9.47 Å². The minimum Gasteiger partial charge on any atom is -0.454 e. The molecule has 150 valence electrons. The molecule has 0 N–H and O–H groups in total. The highest BCUT2D eigenvalue weighted by Gasteiger charge is 2.78. The molecule has 3 saturated heterocycles. The van der Waals surface area contributed by atoms with Crippen molar-refractivity contribution in [2.75, 3.05) is 34.5 Å². The van der Waals surface area contributed by atoms with Gasteiger partial charge in [0.1, 0.15) is 0 Å². The molecule has 1 spiro atoms. The first kappa shape index (κ1) is 18.1. The van der Waals surface area contributed by atoms with Crippen LogP contribution in [0.5, 0.6) is 11.5 Å². The SMILES string of the molecule is CN(C)C[C@@]1(C)C[C@@]23S[C@@](C)(C(=O)N2[C@H]1c1ccc2c(c1)OCO2)N(C)C3=O. The summed E-state index contributed by atoms with van der Waals surface area (Å²) >= 11 is 1.51. The highest BCUT2D eigenvalue weighted by molar-refractivity contribution is 8.04. The molecule has 0 radical (unpaired) electrons. The first-order valence-electron chi connectivity index (χ1n) is 9.49. The molecular weight excluding hydrogens is 378 g/mol. The largest absolute Gasteiger partial charge is 0.454 e. The van der Waals surface area contributed by atoms with Crippen LogP contribution in [-0.4, -0.2) is 70.7 Å². The van der Waals surface area contributed by atoms with Gasteiger partial charge in [-0.1, -0.05) is 24.8 Å². The topological polar surface area (TPSA) is 62.3 Å². The Morgan fingerprint density at radius 1 is 1.18 bits per heavy atom. The van der Waals surface area contributed by atoms with E-state index < -0.39 is 9.74 Å². The molecule has 0 aromatic heterocycles. The Balaban J connectivity index is 1.67. The van der Waals surface area contributed by atoms with Gasteiger partial charge in [-0.2, -0.15) is 0 Å². The van der Waals surface area contributed by atoms with Gasteiger partial charge in [0.2, 0.25) is 6.79 Å². The summed E-state index contributed by atoms with van der Waals surface area (Å²) in [5.41, 5.74) is 0.716. The van der Waals surface area contributed by atoms with E-state index in [0.717, 1.165) is 17.9 Å². The zero-order valence-electron chi connectivity index (χ0n) is 16.8. The number of hydrogen-bond donors (Lipinski definition) is 0. The second kappa shape index (κ2) is 5.36. The van der Waals surface area contributed by atoms with Crippen molar-refractivity contribution >= 4 is 23.6 Å². The predicted molar refractivity (Wildman–Crippen MR) is 105 cm³/mol. The Morgan fingerprint density at radius 2 is 1.89 bits per heavy atom. The summed E-state index contributed by atoms with van der Waals surface area (Å²) in [6, 6.07) is 5.68. The lowest BCUT2D eigenvalue weighted by Gasteiger charge is -2.41. The van der Waals surface area contributed by atoms with Crippen molar-refractivity contribution in [2.45, 2.75) is 36.1 Å². The van der Waals surface area contributed by atoms with Crippen LogP contribution in [0.3, 0.4) is 0 Å². The normalized spacial score (nSPS) is 38.1. The Morgan fingerprint density at radius 3 is 2.61 bits per heavy atom. The van der Waals surface area contributed by atoms with Gasteiger partial charge in [-0.3, -0.25) is 9.59 Å². The van der Waals surface area contributed by atoms with Crippen LogP contribution in [0.15, 0.2) is 18.2 Å². The van der Waals surface area contributed by atoms with Crippen LogP contribution in [-0.2, 0) is 9.59 Å². The number of amides is 2. The lowest BCUT2D eigenvalue weighted by atomic mass is 9.77. The fourth-order valence-electron chi connectivity index (χ4n) is 5.60. The fraction of sp³-hybridized carbons (Fsp3) is 0.600. The summed E-state index contributed by atoms with van der Waals surface area (Å²) in [4.78, 5) is 30.9. The van der Waals surface area contributed by atoms with E-state index in [-0.39, 0.29) is 30.1 Å². The van der Waals surface area contributed by atoms with Crippen LogP contribution in [0.25, 0.3) is 0 Å². The van der Waals surface area contributed by atoms with Gasteiger partial charge in [0, 0.05) is 19.0 Å². The van der Waals surface area contributed by atoms with Crippen LogP contribution in [0.1, 0.15) is 31.9 Å². The first-order valence-corrected chi connectivity index (χ1v) is 10.3. The molecule has 3 fully saturated rings. The number of carbonyl (C=O) groups excluding carboxylic acids is 2. The molecule has 0 aliphatic carbocycles. The van der Waals surface area contributed by atoms with Gasteiger partial charge >= 0.3 is 0 Å². The monoisotopic (exact) mass is 403 g/mol.